The smallest absolute Gasteiger partial charge is 0.135 e. The summed E-state index contributed by atoms with van der Waals surface area (Å²) in [5.41, 5.74) is 0. The van der Waals surface area contributed by atoms with Gasteiger partial charge < -0.3 is 10.2 Å². The molecule has 1 unspecified atom stereocenters. The summed E-state index contributed by atoms with van der Waals surface area (Å²) >= 11 is 6.09. The van der Waals surface area contributed by atoms with E-state index in [0.717, 1.165) is 24.7 Å². The number of likely N-dealkylation sites (N-methyl/N-ethyl adjacent to an activating group) is 1. The molecule has 5 heteroatoms. The molecule has 0 radical (unpaired) electrons. The van der Waals surface area contributed by atoms with Crippen LogP contribution in [0.3, 0.4) is 0 Å². The van der Waals surface area contributed by atoms with Crippen molar-refractivity contribution in [2.45, 2.75) is 44.6 Å². The van der Waals surface area contributed by atoms with Crippen molar-refractivity contribution in [1.82, 2.24) is 14.9 Å². The minimum atomic E-state index is 0.478. The second kappa shape index (κ2) is 5.63. The Kier molecular flexibility index (Phi) is 3.89. The number of nitrogens with zero attached hydrogens (tertiary/aromatic N) is 3. The van der Waals surface area contributed by atoms with E-state index < -0.39 is 0 Å². The van der Waals surface area contributed by atoms with E-state index in [1.54, 1.807) is 0 Å². The van der Waals surface area contributed by atoms with Crippen molar-refractivity contribution in [1.29, 1.82) is 0 Å². The Morgan fingerprint density at radius 1 is 1.37 bits per heavy atom. The average Bonchev–Trinajstić information content (AvgIpc) is 3.22. The molecule has 104 valence electrons. The van der Waals surface area contributed by atoms with Crippen molar-refractivity contribution in [3.8, 4) is 0 Å². The monoisotopic (exact) mass is 280 g/mol. The summed E-state index contributed by atoms with van der Waals surface area (Å²) in [6, 6.07) is 2.32. The fraction of sp³-hybridized carbons (Fsp3) is 0.714. The van der Waals surface area contributed by atoms with E-state index in [-0.39, 0.29) is 0 Å². The van der Waals surface area contributed by atoms with Gasteiger partial charge in [0.05, 0.1) is 0 Å². The SMILES string of the molecule is CCN1CCCC(Nc2cc(Cl)nc(C3CC3)n2)C1. The number of aromatic nitrogens is 2. The fourth-order valence-electron chi connectivity index (χ4n) is 2.70. The lowest BCUT2D eigenvalue weighted by atomic mass is 10.1. The van der Waals surface area contributed by atoms with Gasteiger partial charge in [0.25, 0.3) is 0 Å². The Morgan fingerprint density at radius 3 is 2.95 bits per heavy atom. The lowest BCUT2D eigenvalue weighted by Crippen LogP contribution is -2.42. The molecule has 1 aromatic rings. The highest BCUT2D eigenvalue weighted by molar-refractivity contribution is 6.29. The van der Waals surface area contributed by atoms with Crippen molar-refractivity contribution < 1.29 is 0 Å². The zero-order chi connectivity index (χ0) is 13.2. The van der Waals surface area contributed by atoms with Crippen molar-refractivity contribution in [3.63, 3.8) is 0 Å². The first kappa shape index (κ1) is 13.1. The van der Waals surface area contributed by atoms with Gasteiger partial charge in [0.1, 0.15) is 16.8 Å². The molecular weight excluding hydrogens is 260 g/mol. The molecule has 0 amide bonds. The summed E-state index contributed by atoms with van der Waals surface area (Å²) in [6.45, 7) is 5.65. The zero-order valence-corrected chi connectivity index (χ0v) is 12.2. The summed E-state index contributed by atoms with van der Waals surface area (Å²) in [5, 5.41) is 4.09. The van der Waals surface area contributed by atoms with E-state index >= 15 is 0 Å². The van der Waals surface area contributed by atoms with Gasteiger partial charge in [-0.2, -0.15) is 0 Å². The molecule has 1 atom stereocenters. The second-order valence-corrected chi connectivity index (χ2v) is 5.97. The first-order valence-electron chi connectivity index (χ1n) is 7.28. The Balaban J connectivity index is 1.68. The summed E-state index contributed by atoms with van der Waals surface area (Å²) in [6.07, 6.45) is 4.86. The Hall–Kier alpha value is -0.870. The van der Waals surface area contributed by atoms with E-state index in [4.69, 9.17) is 11.6 Å². The molecule has 2 aliphatic rings. The van der Waals surface area contributed by atoms with Gasteiger partial charge in [-0.3, -0.25) is 0 Å². The number of anilines is 1. The third-order valence-corrected chi connectivity index (χ3v) is 4.15. The van der Waals surface area contributed by atoms with Crippen molar-refractivity contribution in [2.24, 2.45) is 0 Å². The van der Waals surface area contributed by atoms with Gasteiger partial charge in [-0.25, -0.2) is 9.97 Å². The Labute approximate surface area is 119 Å². The van der Waals surface area contributed by atoms with Crippen LogP contribution in [0.15, 0.2) is 6.07 Å². The van der Waals surface area contributed by atoms with Gasteiger partial charge in [-0.1, -0.05) is 18.5 Å². The Bertz CT molecular complexity index is 447. The molecule has 19 heavy (non-hydrogen) atoms. The maximum absolute atomic E-state index is 6.09. The summed E-state index contributed by atoms with van der Waals surface area (Å²) in [4.78, 5) is 11.4. The van der Waals surface area contributed by atoms with E-state index in [1.807, 2.05) is 6.07 Å². The number of nitrogens with one attached hydrogen (secondary N) is 1. The molecule has 2 fully saturated rings. The van der Waals surface area contributed by atoms with Gasteiger partial charge in [0.2, 0.25) is 0 Å². The first-order valence-corrected chi connectivity index (χ1v) is 7.65. The molecule has 3 rings (SSSR count). The standard InChI is InChI=1S/C14H21ClN4/c1-2-19-7-3-4-11(9-19)16-13-8-12(15)17-14(18-13)10-5-6-10/h8,10-11H,2-7,9H2,1H3,(H,16,17,18). The third kappa shape index (κ3) is 3.37. The average molecular weight is 281 g/mol. The predicted molar refractivity (Wildman–Crippen MR) is 77.8 cm³/mol. The van der Waals surface area contributed by atoms with Gasteiger partial charge in [0, 0.05) is 24.6 Å². The molecule has 0 aromatic carbocycles. The van der Waals surface area contributed by atoms with E-state index in [0.29, 0.717) is 17.1 Å². The maximum Gasteiger partial charge on any atom is 0.135 e. The van der Waals surface area contributed by atoms with Crippen LogP contribution in [0.1, 0.15) is 44.3 Å². The molecular formula is C14H21ClN4. The molecule has 1 saturated heterocycles. The largest absolute Gasteiger partial charge is 0.366 e. The van der Waals surface area contributed by atoms with Crippen LogP contribution in [-0.4, -0.2) is 40.5 Å². The highest BCUT2D eigenvalue weighted by Gasteiger charge is 2.27. The fourth-order valence-corrected chi connectivity index (χ4v) is 2.89. The van der Waals surface area contributed by atoms with Crippen LogP contribution in [0.2, 0.25) is 5.15 Å². The normalized spacial score (nSPS) is 24.4. The molecule has 1 N–H and O–H groups in total. The van der Waals surface area contributed by atoms with E-state index in [2.05, 4.69) is 27.1 Å². The van der Waals surface area contributed by atoms with Crippen LogP contribution in [0.25, 0.3) is 0 Å². The molecule has 0 spiro atoms. The Morgan fingerprint density at radius 2 is 2.21 bits per heavy atom. The van der Waals surface area contributed by atoms with Crippen LogP contribution in [0.4, 0.5) is 5.82 Å². The molecule has 2 heterocycles. The molecule has 1 aliphatic carbocycles. The molecule has 4 nitrogen and oxygen atoms in total. The molecule has 1 aliphatic heterocycles. The second-order valence-electron chi connectivity index (χ2n) is 5.59. The lowest BCUT2D eigenvalue weighted by Gasteiger charge is -2.32. The summed E-state index contributed by atoms with van der Waals surface area (Å²) < 4.78 is 0. The predicted octanol–water partition coefficient (Wildman–Crippen LogP) is 2.90. The van der Waals surface area contributed by atoms with Crippen LogP contribution in [0, 0.1) is 0 Å². The summed E-state index contributed by atoms with van der Waals surface area (Å²) in [5.74, 6) is 2.35. The van der Waals surface area contributed by atoms with Gasteiger partial charge in [-0.05, 0) is 38.8 Å². The third-order valence-electron chi connectivity index (χ3n) is 3.96. The van der Waals surface area contributed by atoms with Crippen LogP contribution in [-0.2, 0) is 0 Å². The number of halogens is 1. The topological polar surface area (TPSA) is 41.0 Å². The lowest BCUT2D eigenvalue weighted by molar-refractivity contribution is 0.226. The summed E-state index contributed by atoms with van der Waals surface area (Å²) in [7, 11) is 0. The number of hydrogen-bond donors (Lipinski definition) is 1. The minimum Gasteiger partial charge on any atom is -0.366 e. The van der Waals surface area contributed by atoms with Gasteiger partial charge in [0.15, 0.2) is 0 Å². The maximum atomic E-state index is 6.09. The number of rotatable bonds is 4. The van der Waals surface area contributed by atoms with Crippen molar-refractivity contribution in [2.75, 3.05) is 25.0 Å². The first-order chi connectivity index (χ1) is 9.24. The highest BCUT2D eigenvalue weighted by Crippen LogP contribution is 2.38. The van der Waals surface area contributed by atoms with E-state index in [9.17, 15) is 0 Å². The van der Waals surface area contributed by atoms with Crippen LogP contribution >= 0.6 is 11.6 Å². The molecule has 1 saturated carbocycles. The number of likely N-dealkylation sites (tertiary alicyclic amines) is 1. The van der Waals surface area contributed by atoms with Crippen LogP contribution < -0.4 is 5.32 Å². The van der Waals surface area contributed by atoms with E-state index in [1.165, 1.54) is 32.2 Å². The minimum absolute atomic E-state index is 0.478. The van der Waals surface area contributed by atoms with Crippen LogP contribution in [0.5, 0.6) is 0 Å². The molecule has 1 aromatic heterocycles. The van der Waals surface area contributed by atoms with Crippen molar-refractivity contribution >= 4 is 17.4 Å². The molecule has 0 bridgehead atoms. The number of hydrogen-bond acceptors (Lipinski definition) is 4. The number of piperidine rings is 1. The van der Waals surface area contributed by atoms with Gasteiger partial charge in [-0.15, -0.1) is 0 Å². The zero-order valence-electron chi connectivity index (χ0n) is 11.4. The van der Waals surface area contributed by atoms with Crippen molar-refractivity contribution in [3.05, 3.63) is 17.0 Å². The highest BCUT2D eigenvalue weighted by atomic mass is 35.5. The van der Waals surface area contributed by atoms with Gasteiger partial charge >= 0.3 is 0 Å². The quantitative estimate of drug-likeness (QED) is 0.861.